The van der Waals surface area contributed by atoms with Gasteiger partial charge in [-0.2, -0.15) is 5.10 Å². The zero-order chi connectivity index (χ0) is 17.4. The molecule has 24 heavy (non-hydrogen) atoms. The van der Waals surface area contributed by atoms with Crippen LogP contribution < -0.4 is 0 Å². The van der Waals surface area contributed by atoms with E-state index in [1.807, 2.05) is 35.9 Å². The highest BCUT2D eigenvalue weighted by atomic mass is 16.2. The van der Waals surface area contributed by atoms with Gasteiger partial charge in [0.15, 0.2) is 0 Å². The van der Waals surface area contributed by atoms with Gasteiger partial charge >= 0.3 is 0 Å². The Labute approximate surface area is 144 Å². The Morgan fingerprint density at radius 2 is 2.04 bits per heavy atom. The van der Waals surface area contributed by atoms with E-state index in [-0.39, 0.29) is 5.91 Å². The molecule has 0 radical (unpaired) electrons. The lowest BCUT2D eigenvalue weighted by atomic mass is 10.1. The van der Waals surface area contributed by atoms with Crippen LogP contribution in [0, 0.1) is 6.92 Å². The molecule has 0 aliphatic carbocycles. The number of carbonyl (C=O) groups excluding carboxylic acids is 1. The number of likely N-dealkylation sites (N-methyl/N-ethyl adjacent to an activating group) is 1. The van der Waals surface area contributed by atoms with Crippen molar-refractivity contribution >= 4 is 5.91 Å². The number of amides is 1. The van der Waals surface area contributed by atoms with Crippen LogP contribution in [0.5, 0.6) is 0 Å². The van der Waals surface area contributed by atoms with Crippen molar-refractivity contribution in [1.82, 2.24) is 19.6 Å². The van der Waals surface area contributed by atoms with Gasteiger partial charge in [-0.1, -0.05) is 29.8 Å². The average Bonchev–Trinajstić information content (AvgIpc) is 3.04. The lowest BCUT2D eigenvalue weighted by molar-refractivity contribution is -0.132. The molecule has 0 fully saturated rings. The lowest BCUT2D eigenvalue weighted by Gasteiger charge is -2.25. The number of carbonyl (C=O) groups is 1. The summed E-state index contributed by atoms with van der Waals surface area (Å²) in [7, 11) is 4.07. The second-order valence-corrected chi connectivity index (χ2v) is 6.48. The summed E-state index contributed by atoms with van der Waals surface area (Å²) in [6.45, 7) is 5.17. The molecule has 0 saturated heterocycles. The highest BCUT2D eigenvalue weighted by molar-refractivity contribution is 5.76. The fourth-order valence-electron chi connectivity index (χ4n) is 2.63. The van der Waals surface area contributed by atoms with Crippen LogP contribution in [0.4, 0.5) is 0 Å². The van der Waals surface area contributed by atoms with Crippen molar-refractivity contribution in [2.24, 2.45) is 0 Å². The van der Waals surface area contributed by atoms with Crippen LogP contribution in [0.1, 0.15) is 24.0 Å². The Morgan fingerprint density at radius 3 is 2.71 bits per heavy atom. The Kier molecular flexibility index (Phi) is 7.00. The predicted molar refractivity (Wildman–Crippen MR) is 96.6 cm³/mol. The van der Waals surface area contributed by atoms with Gasteiger partial charge in [0, 0.05) is 45.0 Å². The summed E-state index contributed by atoms with van der Waals surface area (Å²) in [6, 6.07) is 10.3. The molecule has 130 valence electrons. The normalized spacial score (nSPS) is 11.0. The molecule has 0 spiro atoms. The van der Waals surface area contributed by atoms with E-state index < -0.39 is 0 Å². The fraction of sp³-hybridized carbons (Fsp3) is 0.474. The van der Waals surface area contributed by atoms with E-state index in [4.69, 9.17) is 0 Å². The number of benzene rings is 1. The summed E-state index contributed by atoms with van der Waals surface area (Å²) < 4.78 is 1.87. The number of hydrogen-bond acceptors (Lipinski definition) is 3. The van der Waals surface area contributed by atoms with Crippen molar-refractivity contribution < 1.29 is 4.79 Å². The highest BCUT2D eigenvalue weighted by Gasteiger charge is 2.14. The molecule has 1 aromatic heterocycles. The van der Waals surface area contributed by atoms with Crippen LogP contribution in [0.25, 0.3) is 0 Å². The molecule has 0 saturated carbocycles. The molecule has 2 aromatic rings. The van der Waals surface area contributed by atoms with E-state index in [1.54, 1.807) is 6.20 Å². The molecule has 0 atom stereocenters. The zero-order valence-electron chi connectivity index (χ0n) is 15.0. The molecule has 0 N–H and O–H groups in total. The first kappa shape index (κ1) is 18.2. The molecular formula is C19H28N4O. The topological polar surface area (TPSA) is 41.4 Å². The van der Waals surface area contributed by atoms with E-state index >= 15 is 0 Å². The largest absolute Gasteiger partial charge is 0.337 e. The van der Waals surface area contributed by atoms with E-state index in [0.29, 0.717) is 13.0 Å². The fourth-order valence-corrected chi connectivity index (χ4v) is 2.63. The number of nitrogens with zero attached hydrogens (tertiary/aromatic N) is 4. The Hall–Kier alpha value is -2.14. The van der Waals surface area contributed by atoms with Crippen LogP contribution in [0.15, 0.2) is 42.7 Å². The minimum atomic E-state index is 0.213. The van der Waals surface area contributed by atoms with Crippen molar-refractivity contribution in [3.8, 4) is 0 Å². The van der Waals surface area contributed by atoms with Crippen molar-refractivity contribution in [1.29, 1.82) is 0 Å². The maximum absolute atomic E-state index is 12.7. The van der Waals surface area contributed by atoms with Gasteiger partial charge in [0.25, 0.3) is 0 Å². The Balaban J connectivity index is 1.91. The summed E-state index contributed by atoms with van der Waals surface area (Å²) >= 11 is 0. The summed E-state index contributed by atoms with van der Waals surface area (Å²) in [5, 5.41) is 4.18. The first-order valence-electron chi connectivity index (χ1n) is 8.50. The first-order valence-corrected chi connectivity index (χ1v) is 8.50. The lowest BCUT2D eigenvalue weighted by Crippen LogP contribution is -2.36. The van der Waals surface area contributed by atoms with E-state index in [0.717, 1.165) is 26.1 Å². The van der Waals surface area contributed by atoms with Crippen LogP contribution in [-0.2, 0) is 17.9 Å². The molecule has 1 aromatic carbocycles. The average molecular weight is 328 g/mol. The molecule has 0 aliphatic heterocycles. The number of aryl methyl sites for hydroxylation is 2. The summed E-state index contributed by atoms with van der Waals surface area (Å²) in [5.74, 6) is 0.213. The summed E-state index contributed by atoms with van der Waals surface area (Å²) in [6.07, 6.45) is 5.07. The molecule has 1 amide bonds. The van der Waals surface area contributed by atoms with Crippen LogP contribution in [0.3, 0.4) is 0 Å². The van der Waals surface area contributed by atoms with E-state index in [9.17, 15) is 4.79 Å². The van der Waals surface area contributed by atoms with Crippen molar-refractivity contribution in [2.45, 2.75) is 32.9 Å². The molecule has 0 aliphatic rings. The highest BCUT2D eigenvalue weighted by Crippen LogP contribution is 2.10. The monoisotopic (exact) mass is 328 g/mol. The summed E-state index contributed by atoms with van der Waals surface area (Å²) in [5.41, 5.74) is 2.42. The van der Waals surface area contributed by atoms with Crippen LogP contribution >= 0.6 is 0 Å². The van der Waals surface area contributed by atoms with Gasteiger partial charge in [-0.25, -0.2) is 0 Å². The van der Waals surface area contributed by atoms with E-state index in [1.165, 1.54) is 11.1 Å². The predicted octanol–water partition coefficient (Wildman–Crippen LogP) is 2.56. The third-order valence-corrected chi connectivity index (χ3v) is 3.96. The number of aromatic nitrogens is 2. The van der Waals surface area contributed by atoms with Crippen molar-refractivity contribution in [2.75, 3.05) is 27.2 Å². The first-order chi connectivity index (χ1) is 11.5. The molecule has 5 heteroatoms. The second-order valence-electron chi connectivity index (χ2n) is 6.48. The van der Waals surface area contributed by atoms with Gasteiger partial charge in [0.2, 0.25) is 5.91 Å². The molecular weight excluding hydrogens is 300 g/mol. The van der Waals surface area contributed by atoms with Crippen molar-refractivity contribution in [3.05, 3.63) is 53.9 Å². The SMILES string of the molecule is Cc1cccc(CN(CCN(C)C)C(=O)CCCn2cccn2)c1. The second kappa shape index (κ2) is 9.23. The maximum Gasteiger partial charge on any atom is 0.222 e. The smallest absolute Gasteiger partial charge is 0.222 e. The van der Waals surface area contributed by atoms with Crippen molar-refractivity contribution in [3.63, 3.8) is 0 Å². The van der Waals surface area contributed by atoms with Gasteiger partial charge in [-0.05, 0) is 39.1 Å². The van der Waals surface area contributed by atoms with Gasteiger partial charge in [0.1, 0.15) is 0 Å². The standard InChI is InChI=1S/C19H28N4O/c1-17-7-4-8-18(15-17)16-22(14-13-21(2)3)19(24)9-5-11-23-12-6-10-20-23/h4,6-8,10,12,15H,5,9,11,13-14,16H2,1-3H3. The molecule has 0 unspecified atom stereocenters. The number of rotatable bonds is 9. The van der Waals surface area contributed by atoms with E-state index in [2.05, 4.69) is 41.2 Å². The quantitative estimate of drug-likeness (QED) is 0.710. The zero-order valence-corrected chi connectivity index (χ0v) is 15.0. The third-order valence-electron chi connectivity index (χ3n) is 3.96. The van der Waals surface area contributed by atoms with Gasteiger partial charge < -0.3 is 9.80 Å². The molecule has 1 heterocycles. The number of hydrogen-bond donors (Lipinski definition) is 0. The van der Waals surface area contributed by atoms with Gasteiger partial charge in [-0.3, -0.25) is 9.48 Å². The van der Waals surface area contributed by atoms with Crippen LogP contribution in [-0.4, -0.2) is 52.7 Å². The molecule has 2 rings (SSSR count). The molecule has 5 nitrogen and oxygen atoms in total. The van der Waals surface area contributed by atoms with Gasteiger partial charge in [0.05, 0.1) is 0 Å². The third kappa shape index (κ3) is 6.16. The minimum Gasteiger partial charge on any atom is -0.337 e. The Bertz CT molecular complexity index is 622. The Morgan fingerprint density at radius 1 is 1.21 bits per heavy atom. The summed E-state index contributed by atoms with van der Waals surface area (Å²) in [4.78, 5) is 16.7. The van der Waals surface area contributed by atoms with Gasteiger partial charge in [-0.15, -0.1) is 0 Å². The molecule has 0 bridgehead atoms. The maximum atomic E-state index is 12.7. The minimum absolute atomic E-state index is 0.213. The van der Waals surface area contributed by atoms with Crippen LogP contribution in [0.2, 0.25) is 0 Å².